The van der Waals surface area contributed by atoms with Crippen LogP contribution in [0.3, 0.4) is 0 Å². The molecule has 30 nitrogen and oxygen atoms in total. The molecule has 5 saturated heterocycles. The van der Waals surface area contributed by atoms with Gasteiger partial charge in [0.2, 0.25) is 11.8 Å². The minimum atomic E-state index is -2.18. The summed E-state index contributed by atoms with van der Waals surface area (Å²) in [4.78, 5) is 26.1. The van der Waals surface area contributed by atoms with E-state index in [2.05, 4.69) is 24.5 Å². The van der Waals surface area contributed by atoms with Crippen molar-refractivity contribution in [2.45, 2.75) is 379 Å². The molecule has 0 aromatic carbocycles. The lowest BCUT2D eigenvalue weighted by Crippen LogP contribution is -2.70. The number of unbranched alkanes of at least 4 members (excludes halogenated alkanes) is 27. The SMILES string of the molecule is CCCCCCCCCCCCC/C=C/[C@@H](O)[C@H](CO[C@@H]1OC(CO)[C@@H](O[C@@H]2OC(CO)[C@H](O[C@@H]3OC(CO)[C@H](O[C@@H]4OC(CO)[C@H](O)[C@H](O[C@@H]5OC(CO)[C@H](O)[C@H](O)C5O)C4NC(C)=O)[C@H](O)C3O)[C@H](O)C2O)[C@H](O)C1O)NC(=O)CCCCCCCCCCCCCCCCCCC. The first-order valence-corrected chi connectivity index (χ1v) is 37.5. The average Bonchev–Trinajstić information content (AvgIpc) is 0.775. The highest BCUT2D eigenvalue weighted by atomic mass is 16.8. The number of amides is 2. The Hall–Kier alpha value is -2.36. The van der Waals surface area contributed by atoms with Gasteiger partial charge in [0.05, 0.1) is 51.8 Å². The van der Waals surface area contributed by atoms with Gasteiger partial charge in [-0.3, -0.25) is 9.59 Å². The van der Waals surface area contributed by atoms with Crippen molar-refractivity contribution in [3.8, 4) is 0 Å². The topological polar surface area (TPSA) is 474 Å². The van der Waals surface area contributed by atoms with Gasteiger partial charge in [-0.15, -0.1) is 0 Å². The zero-order chi connectivity index (χ0) is 73.1. The highest BCUT2D eigenvalue weighted by molar-refractivity contribution is 5.76. The number of aliphatic hydroxyl groups excluding tert-OH is 16. The second kappa shape index (κ2) is 48.8. The van der Waals surface area contributed by atoms with Crippen molar-refractivity contribution >= 4 is 11.8 Å². The van der Waals surface area contributed by atoms with Crippen LogP contribution >= 0.6 is 0 Å². The molecule has 2 amide bonds. The van der Waals surface area contributed by atoms with Gasteiger partial charge in [-0.2, -0.15) is 0 Å². The van der Waals surface area contributed by atoms with Crippen molar-refractivity contribution in [3.63, 3.8) is 0 Å². The number of rotatable bonds is 50. The third-order valence-corrected chi connectivity index (χ3v) is 19.7. The Kier molecular flexibility index (Phi) is 43.0. The average molecular weight is 1450 g/mol. The van der Waals surface area contributed by atoms with Gasteiger partial charge in [0, 0.05) is 13.3 Å². The Morgan fingerprint density at radius 3 is 1.13 bits per heavy atom. The zero-order valence-electron chi connectivity index (χ0n) is 59.3. The van der Waals surface area contributed by atoms with E-state index < -0.39 is 211 Å². The first-order valence-electron chi connectivity index (χ1n) is 37.5. The molecular formula is C70H128N2O28. The summed E-state index contributed by atoms with van der Waals surface area (Å²) in [6.07, 6.45) is -8.09. The van der Waals surface area contributed by atoms with Gasteiger partial charge in [-0.25, -0.2) is 0 Å². The molecule has 10 unspecified atom stereocenters. The van der Waals surface area contributed by atoms with Gasteiger partial charge in [-0.1, -0.05) is 193 Å². The van der Waals surface area contributed by atoms with Crippen molar-refractivity contribution in [1.29, 1.82) is 0 Å². The molecule has 5 rings (SSSR count). The van der Waals surface area contributed by atoms with Crippen LogP contribution in [0.4, 0.5) is 0 Å². The van der Waals surface area contributed by atoms with Crippen molar-refractivity contribution in [2.75, 3.05) is 39.6 Å². The molecule has 30 heteroatoms. The molecule has 0 spiro atoms. The highest BCUT2D eigenvalue weighted by Crippen LogP contribution is 2.36. The van der Waals surface area contributed by atoms with Crippen LogP contribution < -0.4 is 10.6 Å². The fraction of sp³-hybridized carbons (Fsp3) is 0.943. The molecule has 0 bridgehead atoms. The molecule has 0 aliphatic carbocycles. The summed E-state index contributed by atoms with van der Waals surface area (Å²) in [5.41, 5.74) is 0. The summed E-state index contributed by atoms with van der Waals surface area (Å²) in [6.45, 7) is 0.408. The molecule has 0 aromatic rings. The third kappa shape index (κ3) is 28.1. The van der Waals surface area contributed by atoms with E-state index in [1.165, 1.54) is 128 Å². The van der Waals surface area contributed by atoms with Crippen LogP contribution in [0.15, 0.2) is 12.2 Å². The van der Waals surface area contributed by atoms with E-state index in [9.17, 15) is 91.3 Å². The molecule has 100 heavy (non-hydrogen) atoms. The maximum atomic E-state index is 13.5. The summed E-state index contributed by atoms with van der Waals surface area (Å²) in [5, 5.41) is 180. The quantitative estimate of drug-likeness (QED) is 0.0289. The molecule has 5 heterocycles. The number of aliphatic hydroxyl groups is 16. The van der Waals surface area contributed by atoms with Gasteiger partial charge in [-0.05, 0) is 19.3 Å². The normalized spacial score (nSPS) is 35.6. The van der Waals surface area contributed by atoms with Crippen molar-refractivity contribution in [3.05, 3.63) is 12.2 Å². The Balaban J connectivity index is 1.15. The summed E-state index contributed by atoms with van der Waals surface area (Å²) >= 11 is 0. The van der Waals surface area contributed by atoms with E-state index in [-0.39, 0.29) is 12.3 Å². The van der Waals surface area contributed by atoms with Crippen molar-refractivity contribution < 1.29 is 139 Å². The van der Waals surface area contributed by atoms with E-state index in [1.807, 2.05) is 6.08 Å². The summed E-state index contributed by atoms with van der Waals surface area (Å²) in [5.74, 6) is -1.11. The highest BCUT2D eigenvalue weighted by Gasteiger charge is 2.57. The molecule has 0 saturated carbocycles. The van der Waals surface area contributed by atoms with Gasteiger partial charge < -0.3 is 140 Å². The Labute approximate surface area is 589 Å². The second-order valence-electron chi connectivity index (χ2n) is 27.8. The van der Waals surface area contributed by atoms with E-state index in [0.29, 0.717) is 12.8 Å². The predicted octanol–water partition coefficient (Wildman–Crippen LogP) is 0.388. The second-order valence-corrected chi connectivity index (χ2v) is 27.8. The zero-order valence-corrected chi connectivity index (χ0v) is 59.3. The van der Waals surface area contributed by atoms with E-state index >= 15 is 0 Å². The largest absolute Gasteiger partial charge is 0.394 e. The summed E-state index contributed by atoms with van der Waals surface area (Å²) < 4.78 is 58.3. The number of hydrogen-bond acceptors (Lipinski definition) is 28. The number of nitrogens with one attached hydrogen (secondary N) is 2. The lowest BCUT2D eigenvalue weighted by molar-refractivity contribution is -0.388. The number of hydrogen-bond donors (Lipinski definition) is 18. The molecule has 0 aromatic heterocycles. The van der Waals surface area contributed by atoms with E-state index in [4.69, 9.17) is 47.4 Å². The lowest BCUT2D eigenvalue weighted by Gasteiger charge is -2.50. The van der Waals surface area contributed by atoms with Crippen LogP contribution in [0.5, 0.6) is 0 Å². The molecule has 0 radical (unpaired) electrons. The smallest absolute Gasteiger partial charge is 0.220 e. The molecular weight excluding hydrogens is 1320 g/mol. The van der Waals surface area contributed by atoms with Gasteiger partial charge in [0.1, 0.15) is 122 Å². The maximum absolute atomic E-state index is 13.5. The molecule has 18 N–H and O–H groups in total. The number of carbonyl (C=O) groups excluding carboxylic acids is 2. The minimum Gasteiger partial charge on any atom is -0.394 e. The number of carbonyl (C=O) groups is 2. The fourth-order valence-electron chi connectivity index (χ4n) is 13.6. The van der Waals surface area contributed by atoms with Gasteiger partial charge in [0.15, 0.2) is 31.5 Å². The fourth-order valence-corrected chi connectivity index (χ4v) is 13.6. The van der Waals surface area contributed by atoms with E-state index in [0.717, 1.165) is 51.9 Å². The standard InChI is InChI=1S/C70H128N2O28/c1-4-6-8-10-12-14-16-18-19-20-21-23-25-27-29-31-33-35-50(80)72-43(44(79)34-32-30-28-26-24-22-17-15-13-11-9-7-5-2)41-91-67-59(88)55(84)63(47(38-75)94-67)98-70-61(90)57(86)64(49(40-77)96-70)99-69-60(89)56(85)62(48(39-76)95-69)97-66-51(71-42(3)78)65(53(82)46(37-74)92-66)100-68-58(87)54(83)52(81)45(36-73)93-68/h32,34,43-49,51-70,73-77,79,81-90H,4-31,33,35-41H2,1-3H3,(H,71,78)(H,72,80)/b34-32+/t43-,44+,45?,46?,47?,48?,49?,51?,52-,53-,54-,55+,56+,57+,58?,59?,60?,61?,62-,63+,64-,65+,66-,67+,68-,69-,70-/m0/s1. The molecule has 586 valence electrons. The number of allylic oxidation sites excluding steroid dienone is 1. The molecule has 27 atom stereocenters. The molecule has 5 aliphatic rings. The van der Waals surface area contributed by atoms with Crippen LogP contribution in [-0.2, 0) is 57.0 Å². The molecule has 5 fully saturated rings. The predicted molar refractivity (Wildman–Crippen MR) is 359 cm³/mol. The maximum Gasteiger partial charge on any atom is 0.220 e. The minimum absolute atomic E-state index is 0.202. The van der Waals surface area contributed by atoms with Crippen LogP contribution in [0, 0.1) is 0 Å². The first-order chi connectivity index (χ1) is 48.2. The van der Waals surface area contributed by atoms with Gasteiger partial charge >= 0.3 is 0 Å². The van der Waals surface area contributed by atoms with Crippen LogP contribution in [0.2, 0.25) is 0 Å². The summed E-state index contributed by atoms with van der Waals surface area (Å²) in [6, 6.07) is -2.69. The monoisotopic (exact) mass is 1440 g/mol. The lowest BCUT2D eigenvalue weighted by atomic mass is 9.94. The first kappa shape index (κ1) is 88.3. The van der Waals surface area contributed by atoms with Crippen LogP contribution in [0.1, 0.15) is 213 Å². The van der Waals surface area contributed by atoms with E-state index in [1.54, 1.807) is 6.08 Å². The van der Waals surface area contributed by atoms with Crippen LogP contribution in [-0.4, -0.2) is 299 Å². The van der Waals surface area contributed by atoms with Crippen LogP contribution in [0.25, 0.3) is 0 Å². The Morgan fingerprint density at radius 2 is 0.720 bits per heavy atom. The third-order valence-electron chi connectivity index (χ3n) is 19.7. The Bertz CT molecular complexity index is 2180. The Morgan fingerprint density at radius 1 is 0.390 bits per heavy atom. The van der Waals surface area contributed by atoms with Gasteiger partial charge in [0.25, 0.3) is 0 Å². The summed E-state index contributed by atoms with van der Waals surface area (Å²) in [7, 11) is 0. The molecule has 5 aliphatic heterocycles. The van der Waals surface area contributed by atoms with Crippen molar-refractivity contribution in [1.82, 2.24) is 10.6 Å². The number of ether oxygens (including phenoxy) is 10. The van der Waals surface area contributed by atoms with Crippen molar-refractivity contribution in [2.24, 2.45) is 0 Å².